The van der Waals surface area contributed by atoms with Crippen LogP contribution in [0.25, 0.3) is 11.5 Å². The molecule has 106 valence electrons. The van der Waals surface area contributed by atoms with Crippen molar-refractivity contribution in [1.29, 1.82) is 0 Å². The Hall–Kier alpha value is -2.34. The van der Waals surface area contributed by atoms with Gasteiger partial charge >= 0.3 is 0 Å². The molecule has 3 aromatic rings. The summed E-state index contributed by atoms with van der Waals surface area (Å²) < 4.78 is 14.9. The Morgan fingerprint density at radius 2 is 2.10 bits per heavy atom. The molecule has 0 aliphatic carbocycles. The maximum Gasteiger partial charge on any atom is 0.177 e. The monoisotopic (exact) mass is 303 g/mol. The van der Waals surface area contributed by atoms with E-state index in [1.54, 1.807) is 36.1 Å². The molecular weight excluding hydrogens is 293 g/mol. The topological polar surface area (TPSA) is 56.5 Å². The summed E-state index contributed by atoms with van der Waals surface area (Å²) in [6.07, 6.45) is 4.31. The Balaban J connectivity index is 1.98. The summed E-state index contributed by atoms with van der Waals surface area (Å²) >= 11 is 5.84. The zero-order valence-corrected chi connectivity index (χ0v) is 11.9. The molecule has 3 rings (SSSR count). The van der Waals surface area contributed by atoms with Gasteiger partial charge < -0.3 is 0 Å². The van der Waals surface area contributed by atoms with Crippen LogP contribution in [-0.2, 0) is 6.54 Å². The first-order valence-electron chi connectivity index (χ1n) is 6.24. The van der Waals surface area contributed by atoms with Crippen LogP contribution in [0.2, 0.25) is 5.02 Å². The van der Waals surface area contributed by atoms with Crippen LogP contribution < -0.4 is 0 Å². The highest BCUT2D eigenvalue weighted by molar-refractivity contribution is 6.30. The smallest absolute Gasteiger partial charge is 0.177 e. The highest BCUT2D eigenvalue weighted by Crippen LogP contribution is 2.18. The normalized spacial score (nSPS) is 10.8. The molecule has 0 amide bonds. The summed E-state index contributed by atoms with van der Waals surface area (Å²) in [4.78, 5) is 12.4. The summed E-state index contributed by atoms with van der Waals surface area (Å²) in [7, 11) is 0. The van der Waals surface area contributed by atoms with Gasteiger partial charge in [-0.15, -0.1) is 0 Å². The predicted octanol–water partition coefficient (Wildman–Crippen LogP) is 2.88. The lowest BCUT2D eigenvalue weighted by Crippen LogP contribution is -2.05. The van der Waals surface area contributed by atoms with Crippen LogP contribution in [0.15, 0.2) is 36.8 Å². The van der Waals surface area contributed by atoms with Crippen LogP contribution in [0, 0.1) is 12.7 Å². The number of hydrogen-bond acceptors (Lipinski definition) is 4. The molecule has 0 aliphatic rings. The molecule has 21 heavy (non-hydrogen) atoms. The van der Waals surface area contributed by atoms with Gasteiger partial charge in [0.15, 0.2) is 5.82 Å². The Labute approximate surface area is 125 Å². The summed E-state index contributed by atoms with van der Waals surface area (Å²) in [5, 5.41) is 4.87. The van der Waals surface area contributed by atoms with E-state index in [-0.39, 0.29) is 5.82 Å². The van der Waals surface area contributed by atoms with E-state index >= 15 is 0 Å². The Bertz CT molecular complexity index is 769. The van der Waals surface area contributed by atoms with Crippen LogP contribution in [0.4, 0.5) is 4.39 Å². The summed E-state index contributed by atoms with van der Waals surface area (Å²) in [6, 6.07) is 4.93. The van der Waals surface area contributed by atoms with Gasteiger partial charge in [-0.1, -0.05) is 11.6 Å². The average Bonchev–Trinajstić information content (AvgIpc) is 2.80. The Kier molecular flexibility index (Phi) is 3.62. The fourth-order valence-electron chi connectivity index (χ4n) is 1.98. The van der Waals surface area contributed by atoms with Crippen molar-refractivity contribution in [3.8, 4) is 11.5 Å². The molecule has 5 nitrogen and oxygen atoms in total. The molecule has 0 spiro atoms. The number of hydrogen-bond donors (Lipinski definition) is 0. The van der Waals surface area contributed by atoms with E-state index in [9.17, 15) is 4.39 Å². The molecule has 0 radical (unpaired) electrons. The van der Waals surface area contributed by atoms with E-state index in [0.717, 1.165) is 6.20 Å². The first kappa shape index (κ1) is 13.6. The first-order chi connectivity index (χ1) is 10.1. The zero-order chi connectivity index (χ0) is 14.8. The fourth-order valence-corrected chi connectivity index (χ4v) is 2.09. The van der Waals surface area contributed by atoms with Crippen molar-refractivity contribution in [2.24, 2.45) is 0 Å². The van der Waals surface area contributed by atoms with Crippen molar-refractivity contribution >= 4 is 11.6 Å². The zero-order valence-electron chi connectivity index (χ0n) is 11.2. The molecule has 0 bridgehead atoms. The average molecular weight is 304 g/mol. The quantitative estimate of drug-likeness (QED) is 0.746. The third-order valence-electron chi connectivity index (χ3n) is 2.83. The largest absolute Gasteiger partial charge is 0.261 e. The molecule has 0 aliphatic heterocycles. The lowest BCUT2D eigenvalue weighted by molar-refractivity contribution is 0.611. The third kappa shape index (κ3) is 3.05. The number of aryl methyl sites for hydroxylation is 1. The molecular formula is C14H11ClFN5. The van der Waals surface area contributed by atoms with Crippen molar-refractivity contribution in [3.05, 3.63) is 59.0 Å². The van der Waals surface area contributed by atoms with Crippen LogP contribution in [-0.4, -0.2) is 24.7 Å². The molecule has 0 N–H and O–H groups in total. The maximum absolute atomic E-state index is 13.2. The van der Waals surface area contributed by atoms with Crippen molar-refractivity contribution in [2.75, 3.05) is 0 Å². The van der Waals surface area contributed by atoms with Gasteiger partial charge in [-0.25, -0.2) is 14.1 Å². The number of rotatable bonds is 3. The Morgan fingerprint density at radius 3 is 2.81 bits per heavy atom. The van der Waals surface area contributed by atoms with Gasteiger partial charge in [-0.05, 0) is 30.7 Å². The molecule has 0 atom stereocenters. The van der Waals surface area contributed by atoms with Gasteiger partial charge in [0.05, 0.1) is 17.8 Å². The molecule has 3 heterocycles. The van der Waals surface area contributed by atoms with Crippen LogP contribution in [0.5, 0.6) is 0 Å². The summed E-state index contributed by atoms with van der Waals surface area (Å²) in [5.74, 6) is 0.843. The van der Waals surface area contributed by atoms with Crippen molar-refractivity contribution in [2.45, 2.75) is 13.5 Å². The number of pyridine rings is 2. The van der Waals surface area contributed by atoms with E-state index in [1.165, 1.54) is 6.07 Å². The lowest BCUT2D eigenvalue weighted by Gasteiger charge is -2.05. The molecule has 0 unspecified atom stereocenters. The third-order valence-corrected chi connectivity index (χ3v) is 3.05. The van der Waals surface area contributed by atoms with Gasteiger partial charge in [0.1, 0.15) is 17.3 Å². The summed E-state index contributed by atoms with van der Waals surface area (Å²) in [5.41, 5.74) is 1.36. The second kappa shape index (κ2) is 5.57. The van der Waals surface area contributed by atoms with Crippen LogP contribution >= 0.6 is 11.6 Å². The van der Waals surface area contributed by atoms with Crippen molar-refractivity contribution < 1.29 is 4.39 Å². The Morgan fingerprint density at radius 1 is 1.24 bits per heavy atom. The molecule has 0 saturated heterocycles. The van der Waals surface area contributed by atoms with E-state index < -0.39 is 0 Å². The van der Waals surface area contributed by atoms with Crippen molar-refractivity contribution in [3.63, 3.8) is 0 Å². The van der Waals surface area contributed by atoms with E-state index in [1.807, 2.05) is 0 Å². The minimum atomic E-state index is -0.379. The van der Waals surface area contributed by atoms with Crippen LogP contribution in [0.1, 0.15) is 11.4 Å². The number of nitrogens with zero attached hydrogens (tertiary/aromatic N) is 5. The van der Waals surface area contributed by atoms with Crippen molar-refractivity contribution in [1.82, 2.24) is 24.7 Å². The second-order valence-corrected chi connectivity index (χ2v) is 4.95. The van der Waals surface area contributed by atoms with Gasteiger partial charge in [-0.3, -0.25) is 9.97 Å². The van der Waals surface area contributed by atoms with Gasteiger partial charge in [0.25, 0.3) is 0 Å². The van der Waals surface area contributed by atoms with Crippen LogP contribution in [0.3, 0.4) is 0 Å². The molecule has 0 saturated carbocycles. The fraction of sp³-hybridized carbons (Fsp3) is 0.143. The molecule has 3 aromatic heterocycles. The van der Waals surface area contributed by atoms with E-state index in [2.05, 4.69) is 20.1 Å². The molecule has 7 heteroatoms. The molecule has 0 aromatic carbocycles. The predicted molar refractivity (Wildman–Crippen MR) is 76.3 cm³/mol. The second-order valence-electron chi connectivity index (χ2n) is 4.51. The van der Waals surface area contributed by atoms with Gasteiger partial charge in [0.2, 0.25) is 0 Å². The minimum Gasteiger partial charge on any atom is -0.261 e. The minimum absolute atomic E-state index is 0.366. The maximum atomic E-state index is 13.2. The highest BCUT2D eigenvalue weighted by atomic mass is 35.5. The molecule has 0 fully saturated rings. The van der Waals surface area contributed by atoms with E-state index in [0.29, 0.717) is 34.5 Å². The summed E-state index contributed by atoms with van der Waals surface area (Å²) in [6.45, 7) is 2.16. The first-order valence-corrected chi connectivity index (χ1v) is 6.62. The lowest BCUT2D eigenvalue weighted by atomic mass is 10.2. The standard InChI is InChI=1S/C14H11ClFN5/c1-9-19-14(13-3-2-11(15)6-18-13)21(20-9)8-10-4-12(16)7-17-5-10/h2-7H,8H2,1H3. The van der Waals surface area contributed by atoms with Gasteiger partial charge in [0, 0.05) is 12.4 Å². The van der Waals surface area contributed by atoms with E-state index in [4.69, 9.17) is 11.6 Å². The SMILES string of the molecule is Cc1nc(-c2ccc(Cl)cn2)n(Cc2cncc(F)c2)n1. The highest BCUT2D eigenvalue weighted by Gasteiger charge is 2.12. The number of aromatic nitrogens is 5. The van der Waals surface area contributed by atoms with Gasteiger partial charge in [-0.2, -0.15) is 5.10 Å². The number of halogens is 2.